The molecule has 0 fully saturated rings. The lowest BCUT2D eigenvalue weighted by Gasteiger charge is -2.44. The van der Waals surface area contributed by atoms with Gasteiger partial charge in [-0.25, -0.2) is 0 Å². The fourth-order valence-corrected chi connectivity index (χ4v) is 38.8. The highest BCUT2D eigenvalue weighted by molar-refractivity contribution is 6.91. The first-order chi connectivity index (χ1) is 18.8. The molecule has 0 heterocycles. The van der Waals surface area contributed by atoms with Crippen molar-refractivity contribution >= 4 is 59.0 Å². The Morgan fingerprint density at radius 2 is 1.02 bits per heavy atom. The van der Waals surface area contributed by atoms with Crippen LogP contribution in [0.1, 0.15) is 32.6 Å². The zero-order chi connectivity index (χ0) is 33.1. The van der Waals surface area contributed by atoms with Crippen LogP contribution in [0.2, 0.25) is 116 Å². The maximum absolute atomic E-state index is 9.62. The highest BCUT2D eigenvalue weighted by Gasteiger charge is 2.49. The van der Waals surface area contributed by atoms with Gasteiger partial charge in [0, 0.05) is 6.61 Å². The van der Waals surface area contributed by atoms with Gasteiger partial charge in [0.25, 0.3) is 0 Å². The van der Waals surface area contributed by atoms with E-state index in [1.54, 1.807) is 0 Å². The first-order valence-electron chi connectivity index (χ1n) is 16.1. The summed E-state index contributed by atoms with van der Waals surface area (Å²) in [5.74, 6) is 0. The minimum absolute atomic E-state index is 0.133. The van der Waals surface area contributed by atoms with Crippen LogP contribution in [0.3, 0.4) is 0 Å². The number of hydrogen-bond donors (Lipinski definition) is 2. The summed E-state index contributed by atoms with van der Waals surface area (Å²) in [4.78, 5) is 0. The third-order valence-corrected chi connectivity index (χ3v) is 32.3. The maximum Gasteiger partial charge on any atom is 0.317 e. The molecule has 3 atom stereocenters. The second kappa shape index (κ2) is 17.9. The van der Waals surface area contributed by atoms with Crippen LogP contribution in [0.5, 0.6) is 0 Å². The molecule has 0 saturated carbocycles. The molecular formula is C27H70O8Si7. The Morgan fingerprint density at radius 1 is 0.548 bits per heavy atom. The number of rotatable bonds is 24. The normalized spacial score (nSPS) is 17.6. The summed E-state index contributed by atoms with van der Waals surface area (Å²) in [5, 5.41) is 18.7. The van der Waals surface area contributed by atoms with Crippen molar-refractivity contribution in [2.24, 2.45) is 0 Å². The van der Waals surface area contributed by atoms with E-state index in [4.69, 9.17) is 30.4 Å². The molecule has 3 unspecified atom stereocenters. The van der Waals surface area contributed by atoms with Crippen molar-refractivity contribution in [3.05, 3.63) is 0 Å². The minimum atomic E-state index is -2.71. The SMILES string of the molecule is CCCC[Si](C)(C)O[Si](C)(C)CCC[Si](C)(O[Si](C)(C)O[Si](C)(C)C)O[Si](C)(CCCOCC(O)CO)O[Si](C)(C)C. The van der Waals surface area contributed by atoms with Crippen LogP contribution in [0.4, 0.5) is 0 Å². The van der Waals surface area contributed by atoms with Gasteiger partial charge < -0.3 is 35.5 Å². The van der Waals surface area contributed by atoms with Gasteiger partial charge in [-0.2, -0.15) is 0 Å². The second-order valence-corrected chi connectivity index (χ2v) is 44.8. The lowest BCUT2D eigenvalue weighted by Crippen LogP contribution is -2.60. The number of ether oxygens (including phenoxy) is 1. The highest BCUT2D eigenvalue weighted by Crippen LogP contribution is 2.34. The molecule has 0 bridgehead atoms. The second-order valence-electron chi connectivity index (χ2n) is 15.9. The summed E-state index contributed by atoms with van der Waals surface area (Å²) in [7, 11) is -15.0. The van der Waals surface area contributed by atoms with Gasteiger partial charge in [0.05, 0.1) is 13.2 Å². The van der Waals surface area contributed by atoms with E-state index in [1.807, 2.05) is 0 Å². The zero-order valence-corrected chi connectivity index (χ0v) is 37.2. The van der Waals surface area contributed by atoms with Crippen molar-refractivity contribution < 1.29 is 35.5 Å². The number of unbranched alkanes of at least 4 members (excludes halogenated alkanes) is 1. The van der Waals surface area contributed by atoms with Gasteiger partial charge in [-0.1, -0.05) is 26.2 Å². The largest absolute Gasteiger partial charge is 0.455 e. The van der Waals surface area contributed by atoms with Gasteiger partial charge in [-0.05, 0) is 122 Å². The molecule has 254 valence electrons. The molecule has 0 radical (unpaired) electrons. The van der Waals surface area contributed by atoms with Crippen molar-refractivity contribution in [2.75, 3.05) is 19.8 Å². The van der Waals surface area contributed by atoms with Crippen molar-refractivity contribution in [3.8, 4) is 0 Å². The Hall–Kier alpha value is 1.20. The summed E-state index contributed by atoms with van der Waals surface area (Å²) in [6.45, 7) is 34.2. The summed E-state index contributed by atoms with van der Waals surface area (Å²) in [6.07, 6.45) is 3.42. The molecule has 0 aliphatic heterocycles. The van der Waals surface area contributed by atoms with E-state index in [2.05, 4.69) is 98.6 Å². The van der Waals surface area contributed by atoms with E-state index < -0.39 is 65.1 Å². The number of hydrogen-bond acceptors (Lipinski definition) is 8. The quantitative estimate of drug-likeness (QED) is 0.0768. The Kier molecular flexibility index (Phi) is 18.4. The molecular weight excluding hydrogens is 649 g/mol. The first-order valence-corrected chi connectivity index (χ1v) is 37.0. The van der Waals surface area contributed by atoms with Crippen LogP contribution in [0.15, 0.2) is 0 Å². The van der Waals surface area contributed by atoms with E-state index in [-0.39, 0.29) is 13.2 Å². The van der Waals surface area contributed by atoms with Gasteiger partial charge in [-0.3, -0.25) is 0 Å². The molecule has 15 heteroatoms. The van der Waals surface area contributed by atoms with Crippen molar-refractivity contribution in [3.63, 3.8) is 0 Å². The van der Waals surface area contributed by atoms with E-state index in [0.717, 1.165) is 31.0 Å². The number of aliphatic hydroxyl groups is 2. The van der Waals surface area contributed by atoms with Crippen LogP contribution in [0.25, 0.3) is 0 Å². The Balaban J connectivity index is 5.90. The van der Waals surface area contributed by atoms with Gasteiger partial charge >= 0.3 is 25.7 Å². The fraction of sp³-hybridized carbons (Fsp3) is 1.00. The van der Waals surface area contributed by atoms with E-state index in [9.17, 15) is 5.11 Å². The summed E-state index contributed by atoms with van der Waals surface area (Å²) < 4.78 is 40.4. The molecule has 8 nitrogen and oxygen atoms in total. The van der Waals surface area contributed by atoms with Crippen molar-refractivity contribution in [1.29, 1.82) is 0 Å². The molecule has 0 amide bonds. The average molecular weight is 719 g/mol. The van der Waals surface area contributed by atoms with Gasteiger partial charge in [0.1, 0.15) is 6.10 Å². The fourth-order valence-electron chi connectivity index (χ4n) is 5.68. The van der Waals surface area contributed by atoms with Gasteiger partial charge in [0.2, 0.25) is 0 Å². The third kappa shape index (κ3) is 21.8. The van der Waals surface area contributed by atoms with Crippen LogP contribution in [-0.2, 0) is 25.3 Å². The molecule has 0 saturated heterocycles. The molecule has 0 aromatic rings. The van der Waals surface area contributed by atoms with E-state index in [0.29, 0.717) is 6.61 Å². The smallest absolute Gasteiger partial charge is 0.317 e. The van der Waals surface area contributed by atoms with Crippen LogP contribution in [-0.4, -0.2) is 95.1 Å². The molecule has 0 aromatic heterocycles. The lowest BCUT2D eigenvalue weighted by atomic mass is 10.4. The molecule has 0 spiro atoms. The maximum atomic E-state index is 9.62. The number of aliphatic hydroxyl groups excluding tert-OH is 2. The lowest BCUT2D eigenvalue weighted by molar-refractivity contribution is 0.00623. The predicted molar refractivity (Wildman–Crippen MR) is 195 cm³/mol. The molecule has 0 rings (SSSR count). The predicted octanol–water partition coefficient (Wildman–Crippen LogP) is 7.95. The summed E-state index contributed by atoms with van der Waals surface area (Å²) in [6, 6.07) is 4.00. The van der Waals surface area contributed by atoms with Gasteiger partial charge in [0.15, 0.2) is 33.3 Å². The molecule has 2 N–H and O–H groups in total. The van der Waals surface area contributed by atoms with Crippen LogP contribution in [0, 0.1) is 0 Å². The summed E-state index contributed by atoms with van der Waals surface area (Å²) >= 11 is 0. The van der Waals surface area contributed by atoms with Crippen molar-refractivity contribution in [1.82, 2.24) is 0 Å². The molecule has 0 aromatic carbocycles. The Labute approximate surface area is 267 Å². The zero-order valence-electron chi connectivity index (χ0n) is 30.2. The van der Waals surface area contributed by atoms with E-state index in [1.165, 1.54) is 18.9 Å². The van der Waals surface area contributed by atoms with Crippen LogP contribution >= 0.6 is 0 Å². The average Bonchev–Trinajstić information content (AvgIpc) is 2.72. The first kappa shape index (κ1) is 43.2. The third-order valence-electron chi connectivity index (χ3n) is 6.50. The molecule has 0 aliphatic carbocycles. The Morgan fingerprint density at radius 3 is 1.50 bits per heavy atom. The minimum Gasteiger partial charge on any atom is -0.455 e. The standard InChI is InChI=1S/C27H70O8Si7/c1-16-17-21-38(8,9)33-39(10,11)22-19-24-42(15,34-40(12,13)31-36(2,3)4)35-41(14,32-37(5,6)7)23-18-20-30-26-27(29)25-28/h27-29H,16-26H2,1-15H3. The highest BCUT2D eigenvalue weighted by atomic mass is 28.5. The monoisotopic (exact) mass is 718 g/mol. The van der Waals surface area contributed by atoms with E-state index >= 15 is 0 Å². The van der Waals surface area contributed by atoms with Crippen molar-refractivity contribution in [2.45, 2.75) is 155 Å². The van der Waals surface area contributed by atoms with Crippen LogP contribution < -0.4 is 0 Å². The topological polar surface area (TPSA) is 95.8 Å². The van der Waals surface area contributed by atoms with Gasteiger partial charge in [-0.15, -0.1) is 0 Å². The molecule has 42 heavy (non-hydrogen) atoms. The molecule has 0 aliphatic rings. The summed E-state index contributed by atoms with van der Waals surface area (Å²) in [5.41, 5.74) is 0. The Bertz CT molecular complexity index is 762.